The van der Waals surface area contributed by atoms with E-state index in [1.165, 1.54) is 12.1 Å². The smallest absolute Gasteiger partial charge is 0.264 e. The minimum Gasteiger partial charge on any atom is -0.489 e. The molecule has 0 bridgehead atoms. The van der Waals surface area contributed by atoms with Gasteiger partial charge < -0.3 is 9.64 Å². The van der Waals surface area contributed by atoms with Gasteiger partial charge in [-0.05, 0) is 67.3 Å². The van der Waals surface area contributed by atoms with Crippen LogP contribution in [0.2, 0.25) is 0 Å². The predicted molar refractivity (Wildman–Crippen MR) is 144 cm³/mol. The Bertz CT molecular complexity index is 1480. The minimum atomic E-state index is -0.291. The predicted octanol–water partition coefficient (Wildman–Crippen LogP) is 6.18. The van der Waals surface area contributed by atoms with Crippen LogP contribution in [0.3, 0.4) is 0 Å². The van der Waals surface area contributed by atoms with E-state index < -0.39 is 0 Å². The number of carbonyl (C=O) groups is 1. The third-order valence-electron chi connectivity index (χ3n) is 6.48. The van der Waals surface area contributed by atoms with Gasteiger partial charge in [-0.2, -0.15) is 10.4 Å². The summed E-state index contributed by atoms with van der Waals surface area (Å²) in [6, 6.07) is 25.5. The average Bonchev–Trinajstić information content (AvgIpc) is 3.40. The first-order valence-corrected chi connectivity index (χ1v) is 12.6. The van der Waals surface area contributed by atoms with Crippen molar-refractivity contribution in [3.63, 3.8) is 0 Å². The number of benzene rings is 3. The Balaban J connectivity index is 1.49. The lowest BCUT2D eigenvalue weighted by molar-refractivity contribution is -0.127. The molecule has 1 fully saturated rings. The fourth-order valence-electron chi connectivity index (χ4n) is 4.48. The number of amides is 1. The topological polar surface area (TPSA) is 71.1 Å². The second kappa shape index (κ2) is 11.6. The van der Waals surface area contributed by atoms with Gasteiger partial charge in [0.2, 0.25) is 0 Å². The van der Waals surface area contributed by atoms with Gasteiger partial charge >= 0.3 is 0 Å². The van der Waals surface area contributed by atoms with Crippen LogP contribution in [-0.2, 0) is 11.4 Å². The van der Waals surface area contributed by atoms with Gasteiger partial charge in [0, 0.05) is 30.4 Å². The lowest BCUT2D eigenvalue weighted by Crippen LogP contribution is -2.36. The van der Waals surface area contributed by atoms with Crippen LogP contribution in [0.1, 0.15) is 30.4 Å². The second-order valence-electron chi connectivity index (χ2n) is 9.18. The van der Waals surface area contributed by atoms with Crippen LogP contribution in [0.15, 0.2) is 90.6 Å². The van der Waals surface area contributed by atoms with Crippen molar-refractivity contribution < 1.29 is 13.9 Å². The van der Waals surface area contributed by atoms with Gasteiger partial charge in [0.05, 0.1) is 5.69 Å². The molecule has 1 aliphatic heterocycles. The Kier molecular flexibility index (Phi) is 7.60. The highest BCUT2D eigenvalue weighted by Gasteiger charge is 2.22. The fraction of sp³-hybridized carbons (Fsp3) is 0.194. The number of ether oxygens (including phenoxy) is 1. The van der Waals surface area contributed by atoms with Crippen molar-refractivity contribution in [1.29, 1.82) is 5.26 Å². The van der Waals surface area contributed by atoms with Crippen LogP contribution in [-0.4, -0.2) is 33.7 Å². The Labute approximate surface area is 221 Å². The molecule has 0 N–H and O–H groups in total. The van der Waals surface area contributed by atoms with Gasteiger partial charge in [-0.3, -0.25) is 4.79 Å². The van der Waals surface area contributed by atoms with Crippen LogP contribution >= 0.6 is 0 Å². The monoisotopic (exact) mass is 506 g/mol. The molecule has 0 atom stereocenters. The molecule has 1 amide bonds. The first kappa shape index (κ1) is 25.0. The maximum atomic E-state index is 13.2. The van der Waals surface area contributed by atoms with E-state index in [-0.39, 0.29) is 23.9 Å². The molecule has 1 saturated heterocycles. The van der Waals surface area contributed by atoms with Crippen LogP contribution in [0.5, 0.6) is 5.75 Å². The summed E-state index contributed by atoms with van der Waals surface area (Å²) in [6.07, 6.45) is 6.46. The zero-order chi connectivity index (χ0) is 26.3. The first-order chi connectivity index (χ1) is 18.6. The number of carbonyl (C=O) groups excluding carboxylic acids is 1. The summed E-state index contributed by atoms with van der Waals surface area (Å²) in [5, 5.41) is 14.7. The van der Waals surface area contributed by atoms with Crippen molar-refractivity contribution >= 4 is 12.0 Å². The number of nitrogens with zero attached hydrogens (tertiary/aromatic N) is 4. The molecular weight excluding hydrogens is 479 g/mol. The van der Waals surface area contributed by atoms with Crippen molar-refractivity contribution in [3.8, 4) is 28.8 Å². The Morgan fingerprint density at radius 3 is 2.50 bits per heavy atom. The number of rotatable bonds is 7. The molecule has 6 nitrogen and oxygen atoms in total. The van der Waals surface area contributed by atoms with E-state index in [0.29, 0.717) is 30.1 Å². The molecule has 1 aromatic heterocycles. The molecule has 2 heterocycles. The number of hydrogen-bond acceptors (Lipinski definition) is 4. The number of likely N-dealkylation sites (tertiary alicyclic amines) is 1. The summed E-state index contributed by atoms with van der Waals surface area (Å²) in [6.45, 7) is 1.63. The van der Waals surface area contributed by atoms with E-state index >= 15 is 0 Å². The van der Waals surface area contributed by atoms with Crippen LogP contribution in [0, 0.1) is 17.1 Å². The SMILES string of the molecule is N#C/C(=C/c1cn(-c2ccccc2)nc1-c1cccc(OCc2ccc(F)cc2)c1)C(=O)N1CCCCC1. The molecule has 0 radical (unpaired) electrons. The quantitative estimate of drug-likeness (QED) is 0.222. The number of piperidine rings is 1. The largest absolute Gasteiger partial charge is 0.489 e. The molecule has 5 rings (SSSR count). The molecule has 1 aliphatic rings. The molecule has 0 aliphatic carbocycles. The van der Waals surface area contributed by atoms with Crippen molar-refractivity contribution in [2.24, 2.45) is 0 Å². The molecule has 0 saturated carbocycles. The molecule has 4 aromatic rings. The summed E-state index contributed by atoms with van der Waals surface area (Å²) >= 11 is 0. The van der Waals surface area contributed by atoms with E-state index in [0.717, 1.165) is 36.1 Å². The van der Waals surface area contributed by atoms with Gasteiger partial charge in [0.25, 0.3) is 5.91 Å². The van der Waals surface area contributed by atoms with E-state index in [9.17, 15) is 14.4 Å². The fourth-order valence-corrected chi connectivity index (χ4v) is 4.48. The Hall–Kier alpha value is -4.70. The molecule has 190 valence electrons. The van der Waals surface area contributed by atoms with Crippen LogP contribution in [0.4, 0.5) is 4.39 Å². The van der Waals surface area contributed by atoms with Crippen molar-refractivity contribution in [2.45, 2.75) is 25.9 Å². The summed E-state index contributed by atoms with van der Waals surface area (Å²) in [5.74, 6) is 0.0868. The highest BCUT2D eigenvalue weighted by Crippen LogP contribution is 2.29. The highest BCUT2D eigenvalue weighted by atomic mass is 19.1. The molecule has 7 heteroatoms. The standard InChI is InChI=1S/C31H27FN4O2/c32-27-14-12-23(13-15-27)22-38-29-11-7-8-24(19-29)30-26(21-36(34-30)28-9-3-1-4-10-28)18-25(20-33)31(37)35-16-5-2-6-17-35/h1,3-4,7-15,18-19,21H,2,5-6,16-17,22H2/b25-18-. The molecule has 0 spiro atoms. The van der Waals surface area contributed by atoms with E-state index in [1.54, 1.807) is 27.8 Å². The minimum absolute atomic E-state index is 0.0875. The Morgan fingerprint density at radius 2 is 1.76 bits per heavy atom. The van der Waals surface area contributed by atoms with E-state index in [2.05, 4.69) is 6.07 Å². The van der Waals surface area contributed by atoms with Gasteiger partial charge in [-0.25, -0.2) is 9.07 Å². The van der Waals surface area contributed by atoms with Crippen LogP contribution in [0.25, 0.3) is 23.0 Å². The van der Waals surface area contributed by atoms with Crippen molar-refractivity contribution in [2.75, 3.05) is 13.1 Å². The van der Waals surface area contributed by atoms with Crippen LogP contribution < -0.4 is 4.74 Å². The number of aromatic nitrogens is 2. The maximum Gasteiger partial charge on any atom is 0.264 e. The number of para-hydroxylation sites is 1. The number of nitriles is 1. The molecule has 38 heavy (non-hydrogen) atoms. The average molecular weight is 507 g/mol. The lowest BCUT2D eigenvalue weighted by atomic mass is 10.0. The zero-order valence-electron chi connectivity index (χ0n) is 20.9. The van der Waals surface area contributed by atoms with Crippen molar-refractivity contribution in [3.05, 3.63) is 108 Å². The summed E-state index contributed by atoms with van der Waals surface area (Å²) in [7, 11) is 0. The van der Waals surface area contributed by atoms with E-state index in [1.807, 2.05) is 60.8 Å². The summed E-state index contributed by atoms with van der Waals surface area (Å²) in [5.41, 5.74) is 3.86. The third kappa shape index (κ3) is 5.81. The third-order valence-corrected chi connectivity index (χ3v) is 6.48. The maximum absolute atomic E-state index is 13.2. The van der Waals surface area contributed by atoms with Gasteiger partial charge in [0.1, 0.15) is 35.5 Å². The lowest BCUT2D eigenvalue weighted by Gasteiger charge is -2.26. The molecule has 0 unspecified atom stereocenters. The number of hydrogen-bond donors (Lipinski definition) is 0. The molecular formula is C31H27FN4O2. The summed E-state index contributed by atoms with van der Waals surface area (Å²) in [4.78, 5) is 14.9. The first-order valence-electron chi connectivity index (χ1n) is 12.6. The van der Waals surface area contributed by atoms with E-state index in [4.69, 9.17) is 9.84 Å². The Morgan fingerprint density at radius 1 is 1.00 bits per heavy atom. The normalized spacial score (nSPS) is 13.7. The van der Waals surface area contributed by atoms with Gasteiger partial charge in [0.15, 0.2) is 0 Å². The zero-order valence-corrected chi connectivity index (χ0v) is 20.9. The molecule has 3 aromatic carbocycles. The van der Waals surface area contributed by atoms with Crippen molar-refractivity contribution in [1.82, 2.24) is 14.7 Å². The van der Waals surface area contributed by atoms with Gasteiger partial charge in [-0.1, -0.05) is 42.5 Å². The van der Waals surface area contributed by atoms with Gasteiger partial charge in [-0.15, -0.1) is 0 Å². The highest BCUT2D eigenvalue weighted by molar-refractivity contribution is 6.02. The number of halogens is 1. The second-order valence-corrected chi connectivity index (χ2v) is 9.18. The summed E-state index contributed by atoms with van der Waals surface area (Å²) < 4.78 is 20.9.